The number of hydrogen-bond donors (Lipinski definition) is 0. The summed E-state index contributed by atoms with van der Waals surface area (Å²) in [7, 11) is 0. The van der Waals surface area contributed by atoms with Crippen molar-refractivity contribution in [2.75, 3.05) is 6.61 Å². The molecule has 1 aliphatic rings. The van der Waals surface area contributed by atoms with Crippen molar-refractivity contribution in [3.63, 3.8) is 0 Å². The Hall–Kier alpha value is -1.74. The molecular formula is C16H14ClFO2. The van der Waals surface area contributed by atoms with Crippen LogP contribution in [0.25, 0.3) is 0 Å². The first-order valence-electron chi connectivity index (χ1n) is 6.47. The molecule has 0 N–H and O–H groups in total. The van der Waals surface area contributed by atoms with Crippen molar-refractivity contribution in [2.24, 2.45) is 0 Å². The summed E-state index contributed by atoms with van der Waals surface area (Å²) in [6, 6.07) is 12.2. The van der Waals surface area contributed by atoms with Gasteiger partial charge in [0.1, 0.15) is 30.0 Å². The van der Waals surface area contributed by atoms with E-state index in [9.17, 15) is 4.39 Å². The minimum atomic E-state index is -0.233. The van der Waals surface area contributed by atoms with E-state index in [4.69, 9.17) is 21.1 Å². The van der Waals surface area contributed by atoms with Gasteiger partial charge in [0.25, 0.3) is 0 Å². The highest BCUT2D eigenvalue weighted by atomic mass is 35.5. The topological polar surface area (TPSA) is 18.5 Å². The summed E-state index contributed by atoms with van der Waals surface area (Å²) in [5.41, 5.74) is 1.91. The van der Waals surface area contributed by atoms with Crippen LogP contribution in [0.15, 0.2) is 42.5 Å². The van der Waals surface area contributed by atoms with Gasteiger partial charge in [-0.25, -0.2) is 4.39 Å². The van der Waals surface area contributed by atoms with Gasteiger partial charge in [0.2, 0.25) is 0 Å². The van der Waals surface area contributed by atoms with Gasteiger partial charge in [-0.1, -0.05) is 12.1 Å². The van der Waals surface area contributed by atoms with Gasteiger partial charge in [0, 0.05) is 17.9 Å². The molecule has 0 saturated heterocycles. The second-order valence-corrected chi connectivity index (χ2v) is 5.06. The lowest BCUT2D eigenvalue weighted by Gasteiger charge is -2.12. The molecule has 1 atom stereocenters. The van der Waals surface area contributed by atoms with Gasteiger partial charge in [-0.05, 0) is 35.9 Å². The molecule has 0 amide bonds. The molecule has 0 spiro atoms. The predicted octanol–water partition coefficient (Wildman–Crippen LogP) is 3.95. The molecule has 0 bridgehead atoms. The van der Waals surface area contributed by atoms with Gasteiger partial charge in [0.15, 0.2) is 0 Å². The number of halogens is 2. The predicted molar refractivity (Wildman–Crippen MR) is 76.0 cm³/mol. The molecule has 0 radical (unpaired) electrons. The van der Waals surface area contributed by atoms with Gasteiger partial charge in [0.05, 0.1) is 0 Å². The lowest BCUT2D eigenvalue weighted by Crippen LogP contribution is -2.22. The maximum atomic E-state index is 13.1. The van der Waals surface area contributed by atoms with Crippen LogP contribution in [0.2, 0.25) is 0 Å². The average Bonchev–Trinajstić information content (AvgIpc) is 2.87. The Labute approximate surface area is 122 Å². The molecule has 2 nitrogen and oxygen atoms in total. The summed E-state index contributed by atoms with van der Waals surface area (Å²) in [5, 5.41) is 0. The number of alkyl halides is 1. The number of ether oxygens (including phenoxy) is 2. The molecule has 104 valence electrons. The van der Waals surface area contributed by atoms with Crippen LogP contribution in [-0.2, 0) is 12.3 Å². The van der Waals surface area contributed by atoms with Crippen molar-refractivity contribution in [2.45, 2.75) is 18.4 Å². The van der Waals surface area contributed by atoms with Gasteiger partial charge >= 0.3 is 0 Å². The Morgan fingerprint density at radius 2 is 2.15 bits per heavy atom. The normalized spacial score (nSPS) is 16.6. The molecule has 20 heavy (non-hydrogen) atoms. The lowest BCUT2D eigenvalue weighted by molar-refractivity contribution is 0.148. The highest BCUT2D eigenvalue weighted by Crippen LogP contribution is 2.29. The molecular weight excluding hydrogens is 279 g/mol. The third kappa shape index (κ3) is 2.88. The Morgan fingerprint density at radius 3 is 3.00 bits per heavy atom. The average molecular weight is 293 g/mol. The van der Waals surface area contributed by atoms with Crippen molar-refractivity contribution >= 4 is 11.6 Å². The number of rotatable bonds is 4. The van der Waals surface area contributed by atoms with Crippen molar-refractivity contribution in [3.8, 4) is 11.5 Å². The van der Waals surface area contributed by atoms with E-state index < -0.39 is 0 Å². The van der Waals surface area contributed by atoms with Crippen LogP contribution < -0.4 is 9.47 Å². The standard InChI is InChI=1S/C16H14ClFO2/c17-9-11-2-1-3-14(6-11)19-10-15-8-12-7-13(18)4-5-16(12)20-15/h1-7,15H,8-10H2. The number of hydrogen-bond acceptors (Lipinski definition) is 2. The minimum Gasteiger partial charge on any atom is -0.490 e. The number of fused-ring (bicyclic) bond motifs is 1. The Kier molecular flexibility index (Phi) is 3.79. The zero-order valence-electron chi connectivity index (χ0n) is 10.8. The Balaban J connectivity index is 1.60. The van der Waals surface area contributed by atoms with Gasteiger partial charge in [-0.15, -0.1) is 11.6 Å². The van der Waals surface area contributed by atoms with Gasteiger partial charge in [-0.2, -0.15) is 0 Å². The van der Waals surface area contributed by atoms with E-state index in [2.05, 4.69) is 0 Å². The molecule has 0 fully saturated rings. The molecule has 1 heterocycles. The second-order valence-electron chi connectivity index (χ2n) is 4.79. The maximum absolute atomic E-state index is 13.1. The van der Waals surface area contributed by atoms with Crippen LogP contribution in [0.3, 0.4) is 0 Å². The summed E-state index contributed by atoms with van der Waals surface area (Å²) in [6.45, 7) is 0.433. The fourth-order valence-corrected chi connectivity index (χ4v) is 2.46. The van der Waals surface area contributed by atoms with Crippen LogP contribution in [0.5, 0.6) is 11.5 Å². The smallest absolute Gasteiger partial charge is 0.137 e. The van der Waals surface area contributed by atoms with Crippen molar-refractivity contribution in [1.82, 2.24) is 0 Å². The molecule has 2 aromatic carbocycles. The summed E-state index contributed by atoms with van der Waals surface area (Å²) < 4.78 is 24.6. The molecule has 4 heteroatoms. The lowest BCUT2D eigenvalue weighted by atomic mass is 10.1. The largest absolute Gasteiger partial charge is 0.490 e. The summed E-state index contributed by atoms with van der Waals surface area (Å²) in [4.78, 5) is 0. The highest BCUT2D eigenvalue weighted by molar-refractivity contribution is 6.17. The second kappa shape index (κ2) is 5.71. The molecule has 1 aliphatic heterocycles. The zero-order chi connectivity index (χ0) is 13.9. The number of benzene rings is 2. The summed E-state index contributed by atoms with van der Waals surface area (Å²) in [5.74, 6) is 1.74. The third-order valence-corrected chi connectivity index (χ3v) is 3.56. The summed E-state index contributed by atoms with van der Waals surface area (Å²) in [6.07, 6.45) is 0.592. The van der Waals surface area contributed by atoms with Crippen LogP contribution >= 0.6 is 11.6 Å². The highest BCUT2D eigenvalue weighted by Gasteiger charge is 2.23. The third-order valence-electron chi connectivity index (χ3n) is 3.25. The zero-order valence-corrected chi connectivity index (χ0v) is 11.6. The quantitative estimate of drug-likeness (QED) is 0.795. The fraction of sp³-hybridized carbons (Fsp3) is 0.250. The first-order chi connectivity index (χ1) is 9.74. The van der Waals surface area contributed by atoms with Crippen LogP contribution in [-0.4, -0.2) is 12.7 Å². The van der Waals surface area contributed by atoms with E-state index in [1.807, 2.05) is 24.3 Å². The molecule has 1 unspecified atom stereocenters. The van der Waals surface area contributed by atoms with Crippen LogP contribution in [0, 0.1) is 5.82 Å². The molecule has 0 aromatic heterocycles. The van der Waals surface area contributed by atoms with E-state index in [0.717, 1.165) is 22.6 Å². The monoisotopic (exact) mass is 292 g/mol. The summed E-state index contributed by atoms with van der Waals surface area (Å²) >= 11 is 5.79. The first kappa shape index (κ1) is 13.3. The minimum absolute atomic E-state index is 0.0774. The van der Waals surface area contributed by atoms with E-state index >= 15 is 0 Å². The first-order valence-corrected chi connectivity index (χ1v) is 7.01. The Morgan fingerprint density at radius 1 is 1.25 bits per heavy atom. The maximum Gasteiger partial charge on any atom is 0.137 e. The Bertz CT molecular complexity index is 615. The van der Waals surface area contributed by atoms with E-state index in [1.165, 1.54) is 12.1 Å². The van der Waals surface area contributed by atoms with Gasteiger partial charge < -0.3 is 9.47 Å². The molecule has 3 rings (SSSR count). The molecule has 0 saturated carbocycles. The van der Waals surface area contributed by atoms with Crippen molar-refractivity contribution in [3.05, 3.63) is 59.4 Å². The van der Waals surface area contributed by atoms with E-state index in [0.29, 0.717) is 18.9 Å². The molecule has 2 aromatic rings. The van der Waals surface area contributed by atoms with Crippen molar-refractivity contribution in [1.29, 1.82) is 0 Å². The fourth-order valence-electron chi connectivity index (χ4n) is 2.29. The van der Waals surface area contributed by atoms with Gasteiger partial charge in [-0.3, -0.25) is 0 Å². The van der Waals surface area contributed by atoms with E-state index in [1.54, 1.807) is 6.07 Å². The SMILES string of the molecule is Fc1ccc2c(c1)CC(COc1cccc(CCl)c1)O2. The van der Waals surface area contributed by atoms with Crippen LogP contribution in [0.1, 0.15) is 11.1 Å². The van der Waals surface area contributed by atoms with E-state index in [-0.39, 0.29) is 11.9 Å². The van der Waals surface area contributed by atoms with Crippen molar-refractivity contribution < 1.29 is 13.9 Å². The molecule has 0 aliphatic carbocycles. The van der Waals surface area contributed by atoms with Crippen LogP contribution in [0.4, 0.5) is 4.39 Å².